The molecule has 4 nitrogen and oxygen atoms in total. The molecule has 0 amide bonds. The number of carbonyl (C=O) groups excluding carboxylic acids is 1. The Hall–Kier alpha value is -10.6. The van der Waals surface area contributed by atoms with Gasteiger partial charge < -0.3 is 14.6 Å². The van der Waals surface area contributed by atoms with Crippen molar-refractivity contribution in [2.45, 2.75) is 77.0 Å². The van der Waals surface area contributed by atoms with Gasteiger partial charge in [-0.3, -0.25) is 4.79 Å². The fraction of sp³-hybridized carbons (Fsp3) is 0.157. The number of benzene rings is 8. The smallest absolute Gasteiger partial charge is 0.196 e. The molecule has 0 aromatic heterocycles. The Morgan fingerprint density at radius 2 is 0.495 bits per heavy atom. The van der Waals surface area contributed by atoms with Crippen LogP contribution in [0.3, 0.4) is 0 Å². The van der Waals surface area contributed by atoms with E-state index in [4.69, 9.17) is 9.47 Å². The van der Waals surface area contributed by atoms with Crippen molar-refractivity contribution in [1.29, 1.82) is 0 Å². The third-order valence-corrected chi connectivity index (χ3v) is 19.2. The van der Waals surface area contributed by atoms with Crippen LogP contribution in [0, 0.1) is 0 Å². The van der Waals surface area contributed by atoms with E-state index in [9.17, 15) is 9.90 Å². The van der Waals surface area contributed by atoms with Crippen molar-refractivity contribution in [1.82, 2.24) is 0 Å². The summed E-state index contributed by atoms with van der Waals surface area (Å²) in [4.78, 5) is 12.8. The molecule has 0 saturated heterocycles. The molecule has 0 atom stereocenters. The minimum absolute atomic E-state index is 0.121. The molecule has 1 N–H and O–H groups in total. The molecule has 93 heavy (non-hydrogen) atoms. The summed E-state index contributed by atoms with van der Waals surface area (Å²) in [7, 11) is 0. The number of ketones is 1. The third-order valence-electron chi connectivity index (χ3n) is 19.2. The zero-order valence-electron chi connectivity index (χ0n) is 52.7. The maximum absolute atomic E-state index is 12.8. The fourth-order valence-electron chi connectivity index (χ4n) is 13.7. The molecule has 6 aliphatic rings. The van der Waals surface area contributed by atoms with Crippen LogP contribution < -0.4 is 4.74 Å². The van der Waals surface area contributed by atoms with Crippen molar-refractivity contribution in [3.63, 3.8) is 0 Å². The second kappa shape index (κ2) is 28.3. The standard InChI is InChI=1S/C89H76O4/c90-86(60-92-88-55-51-84(52-56-88)82-47-43-80(44-48-82)78-39-35-76(36-40-78)74-31-27-72(28-32-74)70-23-19-68(20-24-70)66-15-11-64(12-16-66)62-7-3-1-4-8-62)59-87(91)61-93-89-57-53-85(54-58-89)83-49-45-81(46-50-83)79-41-37-77(38-42-79)75-33-29-73(30-34-75)71-25-21-69(22-26-71)67-17-13-65(14-18-67)63-9-5-2-6-10-63/h1-13,15-17,19-21,23-25,27-29,31-33,35-37,39-41,43-45,47-49,51-53,55-57,59,90H,14,18,22,26,30,34,38,42,46,50,54,58,60-61H2. The zero-order chi connectivity index (χ0) is 62.7. The molecule has 0 aliphatic heterocycles. The van der Waals surface area contributed by atoms with Crippen molar-refractivity contribution in [2.75, 3.05) is 13.2 Å². The van der Waals surface area contributed by atoms with E-state index in [1.807, 2.05) is 36.4 Å². The summed E-state index contributed by atoms with van der Waals surface area (Å²) in [6, 6.07) is 72.8. The molecule has 4 heteroatoms. The average Bonchev–Trinajstić information content (AvgIpc) is 2.27. The Morgan fingerprint density at radius 3 is 0.763 bits per heavy atom. The van der Waals surface area contributed by atoms with Crippen LogP contribution in [0.2, 0.25) is 0 Å². The van der Waals surface area contributed by atoms with E-state index in [1.54, 1.807) is 0 Å². The minimum Gasteiger partial charge on any atom is -0.509 e. The highest BCUT2D eigenvalue weighted by atomic mass is 16.5. The first-order valence-electron chi connectivity index (χ1n) is 33.2. The number of hydrogen-bond acceptors (Lipinski definition) is 4. The van der Waals surface area contributed by atoms with Gasteiger partial charge in [0.15, 0.2) is 12.4 Å². The molecule has 0 saturated carbocycles. The van der Waals surface area contributed by atoms with Gasteiger partial charge in [-0.1, -0.05) is 261 Å². The van der Waals surface area contributed by atoms with E-state index in [-0.39, 0.29) is 24.8 Å². The van der Waals surface area contributed by atoms with Gasteiger partial charge in [0.2, 0.25) is 0 Å². The lowest BCUT2D eigenvalue weighted by molar-refractivity contribution is -0.118. The molecule has 8 aromatic rings. The average molecular weight is 1210 g/mol. The van der Waals surface area contributed by atoms with E-state index in [2.05, 4.69) is 243 Å². The molecule has 0 spiro atoms. The summed E-state index contributed by atoms with van der Waals surface area (Å²) in [5.41, 5.74) is 31.4. The first-order valence-corrected chi connectivity index (χ1v) is 33.2. The van der Waals surface area contributed by atoms with Gasteiger partial charge in [0, 0.05) is 12.5 Å². The van der Waals surface area contributed by atoms with E-state index in [0.29, 0.717) is 5.75 Å². The van der Waals surface area contributed by atoms with Crippen LogP contribution in [-0.2, 0) is 9.53 Å². The van der Waals surface area contributed by atoms with Gasteiger partial charge in [-0.15, -0.1) is 0 Å². The van der Waals surface area contributed by atoms with Crippen molar-refractivity contribution in [3.05, 3.63) is 358 Å². The quantitative estimate of drug-likeness (QED) is 0.0648. The highest BCUT2D eigenvalue weighted by molar-refractivity contribution is 5.91. The number of rotatable bonds is 19. The molecule has 6 aliphatic carbocycles. The minimum atomic E-state index is -0.316. The van der Waals surface area contributed by atoms with E-state index in [1.165, 1.54) is 117 Å². The summed E-state index contributed by atoms with van der Waals surface area (Å²) in [5.74, 6) is 0.911. The van der Waals surface area contributed by atoms with Crippen LogP contribution in [0.1, 0.15) is 82.6 Å². The monoisotopic (exact) mass is 1210 g/mol. The second-order valence-electron chi connectivity index (χ2n) is 25.1. The molecule has 0 bridgehead atoms. The van der Waals surface area contributed by atoms with Crippen molar-refractivity contribution in [2.24, 2.45) is 0 Å². The van der Waals surface area contributed by atoms with Gasteiger partial charge in [0.25, 0.3) is 0 Å². The Labute approximate surface area is 548 Å². The highest BCUT2D eigenvalue weighted by Gasteiger charge is 2.22. The summed E-state index contributed by atoms with van der Waals surface area (Å²) >= 11 is 0. The lowest BCUT2D eigenvalue weighted by Gasteiger charge is -2.25. The van der Waals surface area contributed by atoms with Gasteiger partial charge in [0.1, 0.15) is 18.1 Å². The van der Waals surface area contributed by atoms with Gasteiger partial charge in [0.05, 0.1) is 5.76 Å². The maximum atomic E-state index is 12.8. The molecule has 456 valence electrons. The van der Waals surface area contributed by atoms with Gasteiger partial charge in [-0.25, -0.2) is 0 Å². The molecule has 0 heterocycles. The van der Waals surface area contributed by atoms with Crippen LogP contribution in [0.25, 0.3) is 72.3 Å². The largest absolute Gasteiger partial charge is 0.509 e. The number of allylic oxidation sites excluding steroid dienone is 24. The lowest BCUT2D eigenvalue weighted by Crippen LogP contribution is -2.10. The van der Waals surface area contributed by atoms with Gasteiger partial charge >= 0.3 is 0 Å². The van der Waals surface area contributed by atoms with Crippen LogP contribution >= 0.6 is 0 Å². The molecule has 0 fully saturated rings. The predicted molar refractivity (Wildman–Crippen MR) is 385 cm³/mol. The van der Waals surface area contributed by atoms with E-state index in [0.717, 1.165) is 105 Å². The molecule has 8 aromatic carbocycles. The third kappa shape index (κ3) is 14.6. The number of ether oxygens (including phenoxy) is 2. The predicted octanol–water partition coefficient (Wildman–Crippen LogP) is 23.1. The van der Waals surface area contributed by atoms with E-state index >= 15 is 0 Å². The number of aliphatic hydroxyl groups is 1. The summed E-state index contributed by atoms with van der Waals surface area (Å²) in [6.45, 7) is -0.262. The maximum Gasteiger partial charge on any atom is 0.196 e. The lowest BCUT2D eigenvalue weighted by atomic mass is 9.80. The summed E-state index contributed by atoms with van der Waals surface area (Å²) in [6.07, 6.45) is 41.6. The molecule has 14 rings (SSSR count). The Kier molecular flexibility index (Phi) is 18.3. The topological polar surface area (TPSA) is 55.8 Å². The summed E-state index contributed by atoms with van der Waals surface area (Å²) < 4.78 is 11.8. The molecule has 0 radical (unpaired) electrons. The van der Waals surface area contributed by atoms with Crippen molar-refractivity contribution < 1.29 is 19.4 Å². The molecular weight excluding hydrogens is 1130 g/mol. The van der Waals surface area contributed by atoms with Crippen LogP contribution in [0.15, 0.2) is 352 Å². The SMILES string of the molecule is O=C(C=C(O)COc1ccc(-c2ccc(-c3ccc(-c4ccc(-c5ccc(-c6ccc(-c7ccccc7)cc6)cc5)cc4)cc3)cc2)cc1)COC1=CC=C(C2=CC=C(C3=CC=C(C4=CC=C(C5=CC=C(C6=CC=C(c7ccccc7)CC6)CC5)CC4)CC3)CC2)CC1. The first-order chi connectivity index (χ1) is 45.8. The van der Waals surface area contributed by atoms with E-state index < -0.39 is 0 Å². The second-order valence-corrected chi connectivity index (χ2v) is 25.1. The fourth-order valence-corrected chi connectivity index (χ4v) is 13.7. The number of hydrogen-bond donors (Lipinski definition) is 1. The first kappa shape index (κ1) is 60.0. The van der Waals surface area contributed by atoms with Gasteiger partial charge in [-0.05, 0) is 222 Å². The van der Waals surface area contributed by atoms with Crippen LogP contribution in [0.5, 0.6) is 5.75 Å². The molecular formula is C89H76O4. The molecule has 0 unspecified atom stereocenters. The van der Waals surface area contributed by atoms with Gasteiger partial charge in [-0.2, -0.15) is 0 Å². The highest BCUT2D eigenvalue weighted by Crippen LogP contribution is 2.41. The van der Waals surface area contributed by atoms with Crippen molar-refractivity contribution in [3.8, 4) is 72.5 Å². The number of carbonyl (C=O) groups is 1. The zero-order valence-corrected chi connectivity index (χ0v) is 52.7. The van der Waals surface area contributed by atoms with Crippen molar-refractivity contribution >= 4 is 11.4 Å². The summed E-state index contributed by atoms with van der Waals surface area (Å²) in [5, 5.41) is 10.6. The number of aliphatic hydroxyl groups excluding tert-OH is 1. The normalized spacial score (nSPS) is 16.7. The Morgan fingerprint density at radius 1 is 0.258 bits per heavy atom. The Bertz CT molecular complexity index is 4510. The van der Waals surface area contributed by atoms with Crippen LogP contribution in [0.4, 0.5) is 0 Å². The van der Waals surface area contributed by atoms with Crippen LogP contribution in [-0.4, -0.2) is 24.1 Å². The Balaban J connectivity index is 0.504.